The van der Waals surface area contributed by atoms with Crippen molar-refractivity contribution < 1.29 is 8.42 Å². The zero-order chi connectivity index (χ0) is 17.0. The van der Waals surface area contributed by atoms with Gasteiger partial charge < -0.3 is 0 Å². The molecular formula is C19H25NO2S. The third-order valence-electron chi connectivity index (χ3n) is 4.02. The number of nitrogens with one attached hydrogen (secondary N) is 1. The van der Waals surface area contributed by atoms with E-state index >= 15 is 0 Å². The quantitative estimate of drug-likeness (QED) is 0.836. The van der Waals surface area contributed by atoms with Gasteiger partial charge in [-0.15, -0.1) is 0 Å². The molecule has 4 heteroatoms. The number of para-hydroxylation sites is 1. The summed E-state index contributed by atoms with van der Waals surface area (Å²) in [5.74, 6) is 0.280. The molecule has 0 bridgehead atoms. The smallest absolute Gasteiger partial charge is 0.233 e. The van der Waals surface area contributed by atoms with E-state index in [-0.39, 0.29) is 17.6 Å². The highest BCUT2D eigenvalue weighted by Gasteiger charge is 2.20. The van der Waals surface area contributed by atoms with E-state index in [1.54, 1.807) is 0 Å². The lowest BCUT2D eigenvalue weighted by Crippen LogP contribution is -2.22. The van der Waals surface area contributed by atoms with E-state index in [4.69, 9.17) is 0 Å². The molecule has 23 heavy (non-hydrogen) atoms. The fourth-order valence-corrected chi connectivity index (χ4v) is 4.24. The van der Waals surface area contributed by atoms with Crippen LogP contribution in [-0.4, -0.2) is 14.2 Å². The van der Waals surface area contributed by atoms with Gasteiger partial charge in [-0.05, 0) is 35.4 Å². The van der Waals surface area contributed by atoms with Crippen molar-refractivity contribution in [3.8, 4) is 0 Å². The molecule has 2 aromatic rings. The first kappa shape index (κ1) is 17.5. The summed E-state index contributed by atoms with van der Waals surface area (Å²) in [4.78, 5) is 0. The van der Waals surface area contributed by atoms with E-state index in [0.29, 0.717) is 0 Å². The lowest BCUT2D eigenvalue weighted by Gasteiger charge is -2.19. The highest BCUT2D eigenvalue weighted by molar-refractivity contribution is 7.92. The minimum Gasteiger partial charge on any atom is -0.283 e. The van der Waals surface area contributed by atoms with E-state index < -0.39 is 10.0 Å². The standard InChI is InChI=1S/C19H25NO2S/c1-14(2)18-12-8-9-15(3)19(18)20-23(21,22)13-16(4)17-10-6-5-7-11-17/h5-12,14,16,20H,13H2,1-4H3. The van der Waals surface area contributed by atoms with Crippen LogP contribution in [0.15, 0.2) is 48.5 Å². The largest absolute Gasteiger partial charge is 0.283 e. The highest BCUT2D eigenvalue weighted by atomic mass is 32.2. The summed E-state index contributed by atoms with van der Waals surface area (Å²) in [7, 11) is -3.41. The Morgan fingerprint density at radius 3 is 2.22 bits per heavy atom. The molecule has 3 nitrogen and oxygen atoms in total. The SMILES string of the molecule is Cc1cccc(C(C)C)c1NS(=O)(=O)CC(C)c1ccccc1. The van der Waals surface area contributed by atoms with Crippen molar-refractivity contribution >= 4 is 15.7 Å². The number of aryl methyl sites for hydroxylation is 1. The van der Waals surface area contributed by atoms with E-state index in [1.165, 1.54) is 0 Å². The maximum Gasteiger partial charge on any atom is 0.233 e. The molecule has 0 aliphatic rings. The predicted octanol–water partition coefficient (Wildman–Crippen LogP) is 4.66. The van der Waals surface area contributed by atoms with Crippen LogP contribution in [0.2, 0.25) is 0 Å². The van der Waals surface area contributed by atoms with Crippen LogP contribution in [0.4, 0.5) is 5.69 Å². The first-order chi connectivity index (χ1) is 10.8. The topological polar surface area (TPSA) is 46.2 Å². The normalized spacial score (nSPS) is 13.1. The lowest BCUT2D eigenvalue weighted by atomic mass is 9.99. The zero-order valence-electron chi connectivity index (χ0n) is 14.2. The molecule has 0 aliphatic carbocycles. The van der Waals surface area contributed by atoms with Crippen LogP contribution >= 0.6 is 0 Å². The summed E-state index contributed by atoms with van der Waals surface area (Å²) < 4.78 is 28.0. The first-order valence-corrected chi connectivity index (χ1v) is 9.60. The maximum atomic E-state index is 12.6. The second-order valence-corrected chi connectivity index (χ2v) is 8.16. The Hall–Kier alpha value is -1.81. The molecule has 1 unspecified atom stereocenters. The number of hydrogen-bond donors (Lipinski definition) is 1. The van der Waals surface area contributed by atoms with E-state index in [9.17, 15) is 8.42 Å². The van der Waals surface area contributed by atoms with Gasteiger partial charge >= 0.3 is 0 Å². The fraction of sp³-hybridized carbons (Fsp3) is 0.368. The molecule has 0 heterocycles. The van der Waals surface area contributed by atoms with E-state index in [1.807, 2.05) is 62.4 Å². The molecule has 2 rings (SSSR count). The Kier molecular flexibility index (Phi) is 5.47. The molecule has 0 spiro atoms. The molecule has 2 aromatic carbocycles. The third kappa shape index (κ3) is 4.58. The predicted molar refractivity (Wildman–Crippen MR) is 97.5 cm³/mol. The molecule has 1 N–H and O–H groups in total. The van der Waals surface area contributed by atoms with Gasteiger partial charge in [-0.1, -0.05) is 69.3 Å². The summed E-state index contributed by atoms with van der Waals surface area (Å²) in [6.45, 7) is 8.01. The zero-order valence-corrected chi connectivity index (χ0v) is 15.0. The molecule has 0 radical (unpaired) electrons. The number of hydrogen-bond acceptors (Lipinski definition) is 2. The number of anilines is 1. The molecular weight excluding hydrogens is 306 g/mol. The van der Waals surface area contributed by atoms with Crippen LogP contribution in [-0.2, 0) is 10.0 Å². The summed E-state index contributed by atoms with van der Waals surface area (Å²) in [5.41, 5.74) is 3.74. The van der Waals surface area contributed by atoms with Crippen molar-refractivity contribution in [2.45, 2.75) is 39.5 Å². The van der Waals surface area contributed by atoms with Crippen molar-refractivity contribution in [2.24, 2.45) is 0 Å². The molecule has 0 fully saturated rings. The van der Waals surface area contributed by atoms with Crippen LogP contribution in [0.25, 0.3) is 0 Å². The molecule has 0 saturated heterocycles. The van der Waals surface area contributed by atoms with Crippen molar-refractivity contribution in [2.75, 3.05) is 10.5 Å². The molecule has 0 amide bonds. The fourth-order valence-electron chi connectivity index (χ4n) is 2.72. The number of rotatable bonds is 6. The molecule has 0 aliphatic heterocycles. The molecule has 0 saturated carbocycles. The number of benzene rings is 2. The lowest BCUT2D eigenvalue weighted by molar-refractivity contribution is 0.595. The average Bonchev–Trinajstić information content (AvgIpc) is 2.49. The van der Waals surface area contributed by atoms with Gasteiger partial charge in [0.1, 0.15) is 0 Å². The Morgan fingerprint density at radius 1 is 0.957 bits per heavy atom. The Bertz CT molecular complexity index is 752. The summed E-state index contributed by atoms with van der Waals surface area (Å²) >= 11 is 0. The van der Waals surface area contributed by atoms with Gasteiger partial charge in [0.05, 0.1) is 11.4 Å². The van der Waals surface area contributed by atoms with E-state index in [0.717, 1.165) is 22.4 Å². The van der Waals surface area contributed by atoms with Crippen LogP contribution in [0.3, 0.4) is 0 Å². The van der Waals surface area contributed by atoms with Gasteiger partial charge in [-0.2, -0.15) is 0 Å². The second-order valence-electron chi connectivity index (χ2n) is 6.39. The summed E-state index contributed by atoms with van der Waals surface area (Å²) in [6.07, 6.45) is 0. The van der Waals surface area contributed by atoms with Gasteiger partial charge in [0.25, 0.3) is 0 Å². The van der Waals surface area contributed by atoms with Crippen LogP contribution < -0.4 is 4.72 Å². The van der Waals surface area contributed by atoms with Crippen molar-refractivity contribution in [3.63, 3.8) is 0 Å². The van der Waals surface area contributed by atoms with E-state index in [2.05, 4.69) is 18.6 Å². The highest BCUT2D eigenvalue weighted by Crippen LogP contribution is 2.29. The van der Waals surface area contributed by atoms with Gasteiger partial charge in [-0.25, -0.2) is 8.42 Å². The van der Waals surface area contributed by atoms with Gasteiger partial charge in [0.2, 0.25) is 10.0 Å². The Morgan fingerprint density at radius 2 is 1.61 bits per heavy atom. The Balaban J connectivity index is 2.22. The molecule has 0 aromatic heterocycles. The maximum absolute atomic E-state index is 12.6. The summed E-state index contributed by atoms with van der Waals surface area (Å²) in [5, 5.41) is 0. The second kappa shape index (κ2) is 7.18. The first-order valence-electron chi connectivity index (χ1n) is 7.95. The van der Waals surface area contributed by atoms with Crippen molar-refractivity contribution in [3.05, 3.63) is 65.2 Å². The van der Waals surface area contributed by atoms with Crippen LogP contribution in [0.5, 0.6) is 0 Å². The number of sulfonamides is 1. The van der Waals surface area contributed by atoms with Crippen LogP contribution in [0.1, 0.15) is 49.3 Å². The van der Waals surface area contributed by atoms with Crippen molar-refractivity contribution in [1.82, 2.24) is 0 Å². The molecule has 124 valence electrons. The Labute approximate surface area is 139 Å². The summed E-state index contributed by atoms with van der Waals surface area (Å²) in [6, 6.07) is 15.6. The van der Waals surface area contributed by atoms with Crippen LogP contribution in [0, 0.1) is 6.92 Å². The van der Waals surface area contributed by atoms with Gasteiger partial charge in [-0.3, -0.25) is 4.72 Å². The molecule has 1 atom stereocenters. The van der Waals surface area contributed by atoms with Gasteiger partial charge in [0.15, 0.2) is 0 Å². The minimum absolute atomic E-state index is 0.0554. The minimum atomic E-state index is -3.41. The monoisotopic (exact) mass is 331 g/mol. The average molecular weight is 331 g/mol. The van der Waals surface area contributed by atoms with Crippen molar-refractivity contribution in [1.29, 1.82) is 0 Å². The third-order valence-corrected chi connectivity index (χ3v) is 5.48. The van der Waals surface area contributed by atoms with Gasteiger partial charge in [0, 0.05) is 0 Å².